The van der Waals surface area contributed by atoms with Gasteiger partial charge in [0, 0.05) is 24.4 Å². The number of carbonyl (C=O) groups is 2. The lowest BCUT2D eigenvalue weighted by atomic mass is 10.0. The quantitative estimate of drug-likeness (QED) is 0.219. The second-order valence-corrected chi connectivity index (χ2v) is 13.1. The van der Waals surface area contributed by atoms with E-state index in [0.717, 1.165) is 21.5 Å². The summed E-state index contributed by atoms with van der Waals surface area (Å²) >= 11 is 12.4. The number of hydrogen-bond acceptors (Lipinski definition) is 4. The minimum Gasteiger partial charge on any atom is -0.352 e. The third kappa shape index (κ3) is 7.82. The van der Waals surface area contributed by atoms with Crippen molar-refractivity contribution in [1.82, 2.24) is 10.2 Å². The summed E-state index contributed by atoms with van der Waals surface area (Å²) in [6.45, 7) is 3.18. The fraction of sp³-hybridized carbons (Fsp3) is 0.250. The van der Waals surface area contributed by atoms with Gasteiger partial charge in [-0.05, 0) is 48.6 Å². The van der Waals surface area contributed by atoms with Gasteiger partial charge in [-0.25, -0.2) is 8.42 Å². The maximum atomic E-state index is 14.3. The molecule has 0 spiro atoms. The van der Waals surface area contributed by atoms with Gasteiger partial charge in [-0.15, -0.1) is 0 Å². The Balaban J connectivity index is 1.80. The van der Waals surface area contributed by atoms with Gasteiger partial charge in [0.05, 0.1) is 22.0 Å². The largest absolute Gasteiger partial charge is 0.352 e. The highest BCUT2D eigenvalue weighted by Crippen LogP contribution is 2.29. The molecular formula is C32H33Cl2N3O4S. The number of nitrogens with zero attached hydrogens (tertiary/aromatic N) is 2. The molecule has 10 heteroatoms. The van der Waals surface area contributed by atoms with Gasteiger partial charge in [-0.2, -0.15) is 0 Å². The molecule has 0 radical (unpaired) electrons. The van der Waals surface area contributed by atoms with Crippen LogP contribution in [0.3, 0.4) is 0 Å². The van der Waals surface area contributed by atoms with Crippen molar-refractivity contribution in [3.05, 3.63) is 112 Å². The molecule has 0 saturated heterocycles. The first-order valence-corrected chi connectivity index (χ1v) is 16.1. The number of amides is 2. The fourth-order valence-corrected chi connectivity index (χ4v) is 5.97. The highest BCUT2D eigenvalue weighted by molar-refractivity contribution is 7.92. The fourth-order valence-electron chi connectivity index (χ4n) is 4.79. The summed E-state index contributed by atoms with van der Waals surface area (Å²) in [5.41, 5.74) is 1.87. The van der Waals surface area contributed by atoms with Gasteiger partial charge in [0.2, 0.25) is 21.8 Å². The average Bonchev–Trinajstić information content (AvgIpc) is 2.94. The zero-order valence-electron chi connectivity index (χ0n) is 23.6. The molecule has 42 heavy (non-hydrogen) atoms. The van der Waals surface area contributed by atoms with Crippen LogP contribution >= 0.6 is 23.2 Å². The first-order chi connectivity index (χ1) is 19.9. The van der Waals surface area contributed by atoms with E-state index in [1.165, 1.54) is 4.90 Å². The molecule has 0 bridgehead atoms. The van der Waals surface area contributed by atoms with Crippen LogP contribution in [0.5, 0.6) is 0 Å². The molecule has 0 unspecified atom stereocenters. The van der Waals surface area contributed by atoms with Crippen LogP contribution in [0.1, 0.15) is 25.0 Å². The number of hydrogen-bond donors (Lipinski definition) is 1. The van der Waals surface area contributed by atoms with Crippen molar-refractivity contribution >= 4 is 61.5 Å². The van der Waals surface area contributed by atoms with Gasteiger partial charge in [0.15, 0.2) is 0 Å². The van der Waals surface area contributed by atoms with E-state index in [-0.39, 0.29) is 24.9 Å². The van der Waals surface area contributed by atoms with Crippen molar-refractivity contribution in [1.29, 1.82) is 0 Å². The predicted octanol–water partition coefficient (Wildman–Crippen LogP) is 6.08. The summed E-state index contributed by atoms with van der Waals surface area (Å²) in [4.78, 5) is 29.4. The zero-order valence-corrected chi connectivity index (χ0v) is 26.0. The molecule has 220 valence electrons. The predicted molar refractivity (Wildman–Crippen MR) is 170 cm³/mol. The van der Waals surface area contributed by atoms with E-state index in [1.54, 1.807) is 30.3 Å². The van der Waals surface area contributed by atoms with E-state index in [9.17, 15) is 18.0 Å². The maximum absolute atomic E-state index is 14.3. The third-order valence-corrected chi connectivity index (χ3v) is 8.62. The first kappa shape index (κ1) is 31.3. The van der Waals surface area contributed by atoms with Gasteiger partial charge in [-0.1, -0.05) is 96.0 Å². The summed E-state index contributed by atoms with van der Waals surface area (Å²) in [6.07, 6.45) is 1.29. The molecule has 0 heterocycles. The van der Waals surface area contributed by atoms with Crippen molar-refractivity contribution in [2.75, 3.05) is 17.1 Å². The molecule has 4 aromatic carbocycles. The van der Waals surface area contributed by atoms with Crippen LogP contribution in [0, 0.1) is 0 Å². The molecule has 7 nitrogen and oxygen atoms in total. The minimum atomic E-state index is -3.90. The van der Waals surface area contributed by atoms with Crippen molar-refractivity contribution < 1.29 is 18.0 Å². The van der Waals surface area contributed by atoms with E-state index in [1.807, 2.05) is 74.5 Å². The number of nitrogens with one attached hydrogen (secondary N) is 1. The number of fused-ring (bicyclic) bond motifs is 1. The Kier molecular flexibility index (Phi) is 10.1. The topological polar surface area (TPSA) is 86.8 Å². The molecule has 0 aliphatic rings. The normalized spacial score (nSPS) is 12.2. The second-order valence-electron chi connectivity index (χ2n) is 10.4. The van der Waals surface area contributed by atoms with E-state index in [0.29, 0.717) is 26.7 Å². The van der Waals surface area contributed by atoms with Crippen LogP contribution in [0.4, 0.5) is 5.69 Å². The zero-order chi connectivity index (χ0) is 30.4. The summed E-state index contributed by atoms with van der Waals surface area (Å²) in [6, 6.07) is 25.9. The minimum absolute atomic E-state index is 0.00583. The monoisotopic (exact) mass is 625 g/mol. The molecule has 4 aromatic rings. The Hall–Kier alpha value is -3.59. The van der Waals surface area contributed by atoms with Crippen molar-refractivity contribution in [2.24, 2.45) is 0 Å². The standard InChI is InChI=1S/C32H33Cl2N3O4S/c1-22(2)35-32(39)30(19-23-10-5-4-6-11-23)36(20-24-16-17-27(33)28(34)18-24)31(38)21-37(42(3,40)41)29-15-9-13-25-12-7-8-14-26(25)29/h4-18,22,30H,19-21H2,1-3H3,(H,35,39)/t30-/m1/s1. The van der Waals surface area contributed by atoms with Crippen LogP contribution in [0.2, 0.25) is 10.0 Å². The van der Waals surface area contributed by atoms with Gasteiger partial charge in [-0.3, -0.25) is 13.9 Å². The molecule has 0 aliphatic heterocycles. The van der Waals surface area contributed by atoms with Crippen LogP contribution in [-0.4, -0.2) is 50.0 Å². The van der Waals surface area contributed by atoms with E-state index < -0.39 is 28.5 Å². The highest BCUT2D eigenvalue weighted by atomic mass is 35.5. The van der Waals surface area contributed by atoms with Crippen LogP contribution in [-0.2, 0) is 32.6 Å². The lowest BCUT2D eigenvalue weighted by Crippen LogP contribution is -2.54. The number of halogens is 2. The molecule has 0 fully saturated rings. The maximum Gasteiger partial charge on any atom is 0.244 e. The van der Waals surface area contributed by atoms with Gasteiger partial charge >= 0.3 is 0 Å². The number of rotatable bonds is 11. The van der Waals surface area contributed by atoms with Crippen LogP contribution in [0.15, 0.2) is 91.0 Å². The highest BCUT2D eigenvalue weighted by Gasteiger charge is 2.33. The Morgan fingerprint density at radius 2 is 1.50 bits per heavy atom. The number of anilines is 1. The lowest BCUT2D eigenvalue weighted by Gasteiger charge is -2.34. The molecule has 0 saturated carbocycles. The van der Waals surface area contributed by atoms with Crippen LogP contribution < -0.4 is 9.62 Å². The van der Waals surface area contributed by atoms with E-state index in [2.05, 4.69) is 5.32 Å². The molecular weight excluding hydrogens is 593 g/mol. The Bertz CT molecular complexity index is 1670. The summed E-state index contributed by atoms with van der Waals surface area (Å²) in [5, 5.41) is 5.12. The number of carbonyl (C=O) groups excluding carboxylic acids is 2. The third-order valence-electron chi connectivity index (χ3n) is 6.75. The summed E-state index contributed by atoms with van der Waals surface area (Å²) < 4.78 is 27.4. The average molecular weight is 627 g/mol. The van der Waals surface area contributed by atoms with Gasteiger partial charge in [0.1, 0.15) is 12.6 Å². The molecule has 2 amide bonds. The smallest absolute Gasteiger partial charge is 0.244 e. The lowest BCUT2D eigenvalue weighted by molar-refractivity contribution is -0.140. The molecule has 0 aliphatic carbocycles. The summed E-state index contributed by atoms with van der Waals surface area (Å²) in [5.74, 6) is -0.891. The SMILES string of the molecule is CC(C)NC(=O)[C@@H](Cc1ccccc1)N(Cc1ccc(Cl)c(Cl)c1)C(=O)CN(c1cccc2ccccc12)S(C)(=O)=O. The van der Waals surface area contributed by atoms with Gasteiger partial charge < -0.3 is 10.2 Å². The Labute approximate surface area is 257 Å². The number of benzene rings is 4. The molecule has 4 rings (SSSR count). The van der Waals surface area contributed by atoms with Crippen molar-refractivity contribution in [2.45, 2.75) is 38.9 Å². The van der Waals surface area contributed by atoms with Crippen LogP contribution in [0.25, 0.3) is 10.8 Å². The Morgan fingerprint density at radius 3 is 2.17 bits per heavy atom. The second kappa shape index (κ2) is 13.6. The number of sulfonamides is 1. The molecule has 0 aromatic heterocycles. The van der Waals surface area contributed by atoms with Gasteiger partial charge in [0.25, 0.3) is 0 Å². The Morgan fingerprint density at radius 1 is 0.833 bits per heavy atom. The van der Waals surface area contributed by atoms with Crippen molar-refractivity contribution in [3.8, 4) is 0 Å². The van der Waals surface area contributed by atoms with E-state index in [4.69, 9.17) is 23.2 Å². The summed E-state index contributed by atoms with van der Waals surface area (Å²) in [7, 11) is -3.90. The first-order valence-electron chi connectivity index (χ1n) is 13.5. The van der Waals surface area contributed by atoms with E-state index >= 15 is 0 Å². The van der Waals surface area contributed by atoms with Crippen molar-refractivity contribution in [3.63, 3.8) is 0 Å². The molecule has 1 atom stereocenters. The molecule has 1 N–H and O–H groups in total.